The quantitative estimate of drug-likeness (QED) is 0.891. The highest BCUT2D eigenvalue weighted by Crippen LogP contribution is 2.32. The second-order valence-electron chi connectivity index (χ2n) is 5.26. The molecule has 2 aromatic rings. The van der Waals surface area contributed by atoms with Crippen molar-refractivity contribution in [1.82, 2.24) is 0 Å². The van der Waals surface area contributed by atoms with Crippen LogP contribution in [0.1, 0.15) is 22.3 Å². The van der Waals surface area contributed by atoms with Gasteiger partial charge in [-0.1, -0.05) is 12.1 Å². The van der Waals surface area contributed by atoms with Crippen LogP contribution in [0.5, 0.6) is 11.5 Å². The van der Waals surface area contributed by atoms with Crippen LogP contribution in [-0.2, 0) is 6.54 Å². The molecule has 2 aromatic carbocycles. The van der Waals surface area contributed by atoms with Gasteiger partial charge < -0.3 is 14.8 Å². The van der Waals surface area contributed by atoms with Gasteiger partial charge in [-0.3, -0.25) is 0 Å². The zero-order valence-electron chi connectivity index (χ0n) is 13.4. The monoisotopic (exact) mass is 285 g/mol. The molecule has 1 N–H and O–H groups in total. The maximum atomic E-state index is 5.54. The Morgan fingerprint density at radius 3 is 2.38 bits per heavy atom. The van der Waals surface area contributed by atoms with Gasteiger partial charge in [0.1, 0.15) is 11.5 Å². The van der Waals surface area contributed by atoms with E-state index in [1.807, 2.05) is 19.1 Å². The van der Waals surface area contributed by atoms with Crippen LogP contribution < -0.4 is 14.8 Å². The molecule has 0 bridgehead atoms. The third-order valence-electron chi connectivity index (χ3n) is 3.72. The van der Waals surface area contributed by atoms with Crippen LogP contribution in [-0.4, -0.2) is 14.2 Å². The average Bonchev–Trinajstić information content (AvgIpc) is 2.48. The molecule has 0 aromatic heterocycles. The lowest BCUT2D eigenvalue weighted by Crippen LogP contribution is -2.05. The second-order valence-corrected chi connectivity index (χ2v) is 5.26. The SMILES string of the molecule is COc1ccc(CNc2cc(C)ccc2C)c(OC)c1C. The molecule has 21 heavy (non-hydrogen) atoms. The van der Waals surface area contributed by atoms with Gasteiger partial charge in [0.05, 0.1) is 14.2 Å². The molecular formula is C18H23NO2. The van der Waals surface area contributed by atoms with E-state index in [1.165, 1.54) is 11.1 Å². The summed E-state index contributed by atoms with van der Waals surface area (Å²) < 4.78 is 10.9. The summed E-state index contributed by atoms with van der Waals surface area (Å²) in [7, 11) is 3.37. The minimum absolute atomic E-state index is 0.721. The lowest BCUT2D eigenvalue weighted by Gasteiger charge is -2.16. The van der Waals surface area contributed by atoms with Crippen LogP contribution in [0.4, 0.5) is 5.69 Å². The van der Waals surface area contributed by atoms with Crippen LogP contribution in [0, 0.1) is 20.8 Å². The summed E-state index contributed by atoms with van der Waals surface area (Å²) in [5, 5.41) is 3.49. The first-order valence-corrected chi connectivity index (χ1v) is 7.08. The van der Waals surface area contributed by atoms with Gasteiger partial charge >= 0.3 is 0 Å². The average molecular weight is 285 g/mol. The minimum atomic E-state index is 0.721. The molecule has 0 aliphatic heterocycles. The smallest absolute Gasteiger partial charge is 0.130 e. The standard InChI is InChI=1S/C18H23NO2/c1-12-6-7-13(2)16(10-12)19-11-15-8-9-17(20-4)14(3)18(15)21-5/h6-10,19H,11H2,1-5H3. The molecule has 0 saturated carbocycles. The Kier molecular flexibility index (Phi) is 4.73. The zero-order chi connectivity index (χ0) is 15.4. The normalized spacial score (nSPS) is 10.3. The zero-order valence-corrected chi connectivity index (χ0v) is 13.4. The number of aryl methyl sites for hydroxylation is 2. The highest BCUT2D eigenvalue weighted by molar-refractivity contribution is 5.55. The van der Waals surface area contributed by atoms with Crippen LogP contribution in [0.3, 0.4) is 0 Å². The maximum Gasteiger partial charge on any atom is 0.130 e. The van der Waals surface area contributed by atoms with Gasteiger partial charge in [-0.15, -0.1) is 0 Å². The second kappa shape index (κ2) is 6.53. The molecule has 0 atom stereocenters. The number of hydrogen-bond donors (Lipinski definition) is 1. The molecule has 3 nitrogen and oxygen atoms in total. The Morgan fingerprint density at radius 2 is 1.71 bits per heavy atom. The van der Waals surface area contributed by atoms with Crippen molar-refractivity contribution in [2.75, 3.05) is 19.5 Å². The van der Waals surface area contributed by atoms with Gasteiger partial charge in [0.2, 0.25) is 0 Å². The van der Waals surface area contributed by atoms with Crippen LogP contribution >= 0.6 is 0 Å². The number of rotatable bonds is 5. The van der Waals surface area contributed by atoms with Crippen molar-refractivity contribution in [3.05, 3.63) is 52.6 Å². The van der Waals surface area contributed by atoms with E-state index in [0.717, 1.165) is 34.9 Å². The number of hydrogen-bond acceptors (Lipinski definition) is 3. The third kappa shape index (κ3) is 3.30. The van der Waals surface area contributed by atoms with Crippen molar-refractivity contribution in [2.24, 2.45) is 0 Å². The first kappa shape index (κ1) is 15.2. The molecule has 0 radical (unpaired) electrons. The molecular weight excluding hydrogens is 262 g/mol. The lowest BCUT2D eigenvalue weighted by molar-refractivity contribution is 0.386. The Morgan fingerprint density at radius 1 is 0.952 bits per heavy atom. The third-order valence-corrected chi connectivity index (χ3v) is 3.72. The van der Waals surface area contributed by atoms with E-state index < -0.39 is 0 Å². The molecule has 3 heteroatoms. The van der Waals surface area contributed by atoms with Crippen molar-refractivity contribution >= 4 is 5.69 Å². The van der Waals surface area contributed by atoms with Crippen molar-refractivity contribution in [2.45, 2.75) is 27.3 Å². The number of ether oxygens (including phenoxy) is 2. The summed E-state index contributed by atoms with van der Waals surface area (Å²) in [5.41, 5.74) is 5.80. The Hall–Kier alpha value is -2.16. The van der Waals surface area contributed by atoms with Crippen molar-refractivity contribution < 1.29 is 9.47 Å². The van der Waals surface area contributed by atoms with Crippen LogP contribution in [0.15, 0.2) is 30.3 Å². The van der Waals surface area contributed by atoms with Gasteiger partial charge in [0, 0.05) is 23.4 Å². The molecule has 0 saturated heterocycles. The molecule has 0 heterocycles. The molecule has 0 fully saturated rings. The predicted octanol–water partition coefficient (Wildman–Crippen LogP) is 4.24. The van der Waals surface area contributed by atoms with E-state index in [9.17, 15) is 0 Å². The van der Waals surface area contributed by atoms with E-state index >= 15 is 0 Å². The van der Waals surface area contributed by atoms with E-state index in [1.54, 1.807) is 14.2 Å². The Bertz CT molecular complexity index is 635. The summed E-state index contributed by atoms with van der Waals surface area (Å²) in [6.45, 7) is 6.94. The fourth-order valence-electron chi connectivity index (χ4n) is 2.49. The lowest BCUT2D eigenvalue weighted by atomic mass is 10.1. The van der Waals surface area contributed by atoms with Gasteiger partial charge in [0.15, 0.2) is 0 Å². The molecule has 112 valence electrons. The van der Waals surface area contributed by atoms with Gasteiger partial charge in [0.25, 0.3) is 0 Å². The fourth-order valence-corrected chi connectivity index (χ4v) is 2.49. The summed E-state index contributed by atoms with van der Waals surface area (Å²) in [4.78, 5) is 0. The van der Waals surface area contributed by atoms with Crippen molar-refractivity contribution in [1.29, 1.82) is 0 Å². The van der Waals surface area contributed by atoms with Gasteiger partial charge in [-0.2, -0.15) is 0 Å². The van der Waals surface area contributed by atoms with E-state index in [4.69, 9.17) is 9.47 Å². The number of benzene rings is 2. The molecule has 0 unspecified atom stereocenters. The van der Waals surface area contributed by atoms with Crippen molar-refractivity contribution in [3.8, 4) is 11.5 Å². The molecule has 2 rings (SSSR count). The van der Waals surface area contributed by atoms with E-state index in [2.05, 4.69) is 37.4 Å². The van der Waals surface area contributed by atoms with E-state index in [0.29, 0.717) is 0 Å². The molecule has 0 amide bonds. The number of anilines is 1. The number of nitrogens with one attached hydrogen (secondary N) is 1. The maximum absolute atomic E-state index is 5.54. The highest BCUT2D eigenvalue weighted by Gasteiger charge is 2.11. The summed E-state index contributed by atoms with van der Waals surface area (Å²) in [6, 6.07) is 10.5. The highest BCUT2D eigenvalue weighted by atomic mass is 16.5. The summed E-state index contributed by atoms with van der Waals surface area (Å²) >= 11 is 0. The topological polar surface area (TPSA) is 30.5 Å². The fraction of sp³-hybridized carbons (Fsp3) is 0.333. The van der Waals surface area contributed by atoms with E-state index in [-0.39, 0.29) is 0 Å². The van der Waals surface area contributed by atoms with Gasteiger partial charge in [-0.25, -0.2) is 0 Å². The Labute approximate surface area is 126 Å². The number of methoxy groups -OCH3 is 2. The molecule has 0 aliphatic carbocycles. The predicted molar refractivity (Wildman–Crippen MR) is 87.5 cm³/mol. The van der Waals surface area contributed by atoms with Gasteiger partial charge in [-0.05, 0) is 50.1 Å². The van der Waals surface area contributed by atoms with Crippen LogP contribution in [0.2, 0.25) is 0 Å². The summed E-state index contributed by atoms with van der Waals surface area (Å²) in [6.07, 6.45) is 0. The first-order valence-electron chi connectivity index (χ1n) is 7.08. The molecule has 0 spiro atoms. The largest absolute Gasteiger partial charge is 0.496 e. The van der Waals surface area contributed by atoms with Crippen molar-refractivity contribution in [3.63, 3.8) is 0 Å². The minimum Gasteiger partial charge on any atom is -0.496 e. The van der Waals surface area contributed by atoms with Crippen LogP contribution in [0.25, 0.3) is 0 Å². The summed E-state index contributed by atoms with van der Waals surface area (Å²) in [5.74, 6) is 1.73. The molecule has 0 aliphatic rings. The first-order chi connectivity index (χ1) is 10.1. The Balaban J connectivity index is 2.24.